The standard InChI is InChI=1S/C16H24N2O/c1-13(17)7-8-16(19)18-10-9-15(12-18)11-14-5-3-2-4-6-14/h2-6,13,15H,7-12,17H2,1H3. The minimum Gasteiger partial charge on any atom is -0.342 e. The van der Waals surface area contributed by atoms with Crippen LogP contribution in [0, 0.1) is 5.92 Å². The molecule has 1 aliphatic rings. The highest BCUT2D eigenvalue weighted by atomic mass is 16.2. The molecular formula is C16H24N2O. The SMILES string of the molecule is CC(N)CCC(=O)N1CCC(Cc2ccccc2)C1. The van der Waals surface area contributed by atoms with Gasteiger partial charge in [-0.05, 0) is 37.7 Å². The van der Waals surface area contributed by atoms with Gasteiger partial charge in [-0.25, -0.2) is 0 Å². The fourth-order valence-corrected chi connectivity index (χ4v) is 2.68. The number of benzene rings is 1. The maximum absolute atomic E-state index is 12.0. The van der Waals surface area contributed by atoms with E-state index in [0.29, 0.717) is 12.3 Å². The number of nitrogens with two attached hydrogens (primary N) is 1. The molecular weight excluding hydrogens is 236 g/mol. The molecule has 104 valence electrons. The fraction of sp³-hybridized carbons (Fsp3) is 0.562. The number of carbonyl (C=O) groups excluding carboxylic acids is 1. The highest BCUT2D eigenvalue weighted by Crippen LogP contribution is 2.21. The molecule has 0 spiro atoms. The molecule has 19 heavy (non-hydrogen) atoms. The van der Waals surface area contributed by atoms with Crippen LogP contribution in [0.4, 0.5) is 0 Å². The summed E-state index contributed by atoms with van der Waals surface area (Å²) in [6.45, 7) is 3.78. The van der Waals surface area contributed by atoms with Crippen LogP contribution in [-0.4, -0.2) is 29.9 Å². The largest absolute Gasteiger partial charge is 0.342 e. The third-order valence-corrected chi connectivity index (χ3v) is 3.82. The Morgan fingerprint density at radius 2 is 2.16 bits per heavy atom. The van der Waals surface area contributed by atoms with Crippen LogP contribution in [0.2, 0.25) is 0 Å². The summed E-state index contributed by atoms with van der Waals surface area (Å²) in [5, 5.41) is 0. The highest BCUT2D eigenvalue weighted by molar-refractivity contribution is 5.76. The van der Waals surface area contributed by atoms with Gasteiger partial charge in [0.2, 0.25) is 5.91 Å². The van der Waals surface area contributed by atoms with Gasteiger partial charge < -0.3 is 10.6 Å². The maximum atomic E-state index is 12.0. The van der Waals surface area contributed by atoms with E-state index in [0.717, 1.165) is 32.4 Å². The third kappa shape index (κ3) is 4.35. The molecule has 1 amide bonds. The molecule has 2 unspecified atom stereocenters. The smallest absolute Gasteiger partial charge is 0.222 e. The Morgan fingerprint density at radius 1 is 1.42 bits per heavy atom. The van der Waals surface area contributed by atoms with Crippen LogP contribution in [0.3, 0.4) is 0 Å². The third-order valence-electron chi connectivity index (χ3n) is 3.82. The number of likely N-dealkylation sites (tertiary alicyclic amines) is 1. The first-order valence-electron chi connectivity index (χ1n) is 7.22. The van der Waals surface area contributed by atoms with Crippen LogP contribution >= 0.6 is 0 Å². The van der Waals surface area contributed by atoms with E-state index in [1.54, 1.807) is 0 Å². The van der Waals surface area contributed by atoms with Crippen molar-refractivity contribution in [3.63, 3.8) is 0 Å². The summed E-state index contributed by atoms with van der Waals surface area (Å²) < 4.78 is 0. The van der Waals surface area contributed by atoms with Gasteiger partial charge in [0.15, 0.2) is 0 Å². The van der Waals surface area contributed by atoms with E-state index in [1.165, 1.54) is 5.56 Å². The van der Waals surface area contributed by atoms with E-state index >= 15 is 0 Å². The molecule has 0 bridgehead atoms. The summed E-state index contributed by atoms with van der Waals surface area (Å²) in [5.41, 5.74) is 7.07. The van der Waals surface area contributed by atoms with E-state index in [4.69, 9.17) is 5.73 Å². The van der Waals surface area contributed by atoms with Gasteiger partial charge in [-0.15, -0.1) is 0 Å². The van der Waals surface area contributed by atoms with E-state index in [-0.39, 0.29) is 11.9 Å². The summed E-state index contributed by atoms with van der Waals surface area (Å²) in [6, 6.07) is 10.7. The molecule has 2 rings (SSSR count). The lowest BCUT2D eigenvalue weighted by atomic mass is 9.99. The monoisotopic (exact) mass is 260 g/mol. The fourth-order valence-electron chi connectivity index (χ4n) is 2.68. The maximum Gasteiger partial charge on any atom is 0.222 e. The number of hydrogen-bond donors (Lipinski definition) is 1. The Hall–Kier alpha value is -1.35. The molecule has 1 aromatic rings. The number of hydrogen-bond acceptors (Lipinski definition) is 2. The second-order valence-electron chi connectivity index (χ2n) is 5.70. The average molecular weight is 260 g/mol. The van der Waals surface area contributed by atoms with Crippen molar-refractivity contribution in [1.29, 1.82) is 0 Å². The van der Waals surface area contributed by atoms with Gasteiger partial charge in [0.25, 0.3) is 0 Å². The zero-order chi connectivity index (χ0) is 13.7. The van der Waals surface area contributed by atoms with Crippen molar-refractivity contribution in [2.45, 2.75) is 38.6 Å². The Labute approximate surface area is 115 Å². The lowest BCUT2D eigenvalue weighted by Crippen LogP contribution is -2.30. The first-order chi connectivity index (χ1) is 9.15. The summed E-state index contributed by atoms with van der Waals surface area (Å²) >= 11 is 0. The Kier molecular flexibility index (Phi) is 4.97. The molecule has 3 heteroatoms. The highest BCUT2D eigenvalue weighted by Gasteiger charge is 2.25. The zero-order valence-electron chi connectivity index (χ0n) is 11.7. The normalized spacial score (nSPS) is 20.5. The zero-order valence-corrected chi connectivity index (χ0v) is 11.7. The molecule has 1 fully saturated rings. The summed E-state index contributed by atoms with van der Waals surface area (Å²) in [5.74, 6) is 0.884. The van der Waals surface area contributed by atoms with Crippen molar-refractivity contribution in [3.8, 4) is 0 Å². The van der Waals surface area contributed by atoms with Crippen LogP contribution in [-0.2, 0) is 11.2 Å². The Morgan fingerprint density at radius 3 is 2.84 bits per heavy atom. The van der Waals surface area contributed by atoms with Crippen molar-refractivity contribution < 1.29 is 4.79 Å². The summed E-state index contributed by atoms with van der Waals surface area (Å²) in [4.78, 5) is 14.0. The van der Waals surface area contributed by atoms with Gasteiger partial charge >= 0.3 is 0 Å². The van der Waals surface area contributed by atoms with Gasteiger partial charge in [0, 0.05) is 25.6 Å². The lowest BCUT2D eigenvalue weighted by molar-refractivity contribution is -0.130. The molecule has 2 atom stereocenters. The van der Waals surface area contributed by atoms with Crippen molar-refractivity contribution in [3.05, 3.63) is 35.9 Å². The molecule has 0 saturated carbocycles. The quantitative estimate of drug-likeness (QED) is 0.882. The number of amides is 1. The summed E-state index contributed by atoms with van der Waals surface area (Å²) in [7, 11) is 0. The van der Waals surface area contributed by atoms with Gasteiger partial charge in [0.1, 0.15) is 0 Å². The van der Waals surface area contributed by atoms with E-state index in [9.17, 15) is 4.79 Å². The molecule has 3 nitrogen and oxygen atoms in total. The van der Waals surface area contributed by atoms with Crippen LogP contribution in [0.15, 0.2) is 30.3 Å². The Bertz CT molecular complexity index is 402. The van der Waals surface area contributed by atoms with E-state index < -0.39 is 0 Å². The van der Waals surface area contributed by atoms with Gasteiger partial charge in [-0.3, -0.25) is 4.79 Å². The van der Waals surface area contributed by atoms with Gasteiger partial charge in [-0.1, -0.05) is 30.3 Å². The molecule has 0 radical (unpaired) electrons. The van der Waals surface area contributed by atoms with E-state index in [2.05, 4.69) is 24.3 Å². The minimum atomic E-state index is 0.117. The molecule has 2 N–H and O–H groups in total. The molecule has 0 aromatic heterocycles. The predicted octanol–water partition coefficient (Wildman–Crippen LogP) is 2.21. The van der Waals surface area contributed by atoms with Crippen LogP contribution in [0.1, 0.15) is 31.7 Å². The van der Waals surface area contributed by atoms with Crippen molar-refractivity contribution in [2.75, 3.05) is 13.1 Å². The number of nitrogens with zero attached hydrogens (tertiary/aromatic N) is 1. The number of carbonyl (C=O) groups is 1. The molecule has 1 aliphatic heterocycles. The number of rotatable bonds is 5. The average Bonchev–Trinajstić information content (AvgIpc) is 2.85. The topological polar surface area (TPSA) is 46.3 Å². The van der Waals surface area contributed by atoms with Gasteiger partial charge in [-0.2, -0.15) is 0 Å². The Balaban J connectivity index is 1.78. The van der Waals surface area contributed by atoms with Crippen molar-refractivity contribution in [1.82, 2.24) is 4.90 Å². The van der Waals surface area contributed by atoms with Crippen LogP contribution in [0.5, 0.6) is 0 Å². The molecule has 1 saturated heterocycles. The molecule has 0 aliphatic carbocycles. The minimum absolute atomic E-state index is 0.117. The van der Waals surface area contributed by atoms with Gasteiger partial charge in [0.05, 0.1) is 0 Å². The molecule has 1 aromatic carbocycles. The second-order valence-corrected chi connectivity index (χ2v) is 5.70. The summed E-state index contributed by atoms with van der Waals surface area (Å²) in [6.07, 6.45) is 3.59. The van der Waals surface area contributed by atoms with Crippen LogP contribution in [0.25, 0.3) is 0 Å². The lowest BCUT2D eigenvalue weighted by Gasteiger charge is -2.17. The first-order valence-corrected chi connectivity index (χ1v) is 7.22. The predicted molar refractivity (Wildman–Crippen MR) is 77.7 cm³/mol. The van der Waals surface area contributed by atoms with Crippen molar-refractivity contribution >= 4 is 5.91 Å². The first kappa shape index (κ1) is 14.1. The van der Waals surface area contributed by atoms with Crippen molar-refractivity contribution in [2.24, 2.45) is 11.7 Å². The molecule has 1 heterocycles. The van der Waals surface area contributed by atoms with Crippen LogP contribution < -0.4 is 5.73 Å². The van der Waals surface area contributed by atoms with E-state index in [1.807, 2.05) is 17.9 Å². The second kappa shape index (κ2) is 6.71.